The third-order valence-electron chi connectivity index (χ3n) is 6.07. The van der Waals surface area contributed by atoms with E-state index in [2.05, 4.69) is 35.5 Å². The number of rotatable bonds is 6. The molecule has 0 saturated heterocycles. The van der Waals surface area contributed by atoms with Crippen LogP contribution in [0.2, 0.25) is 0 Å². The number of nitrogens with zero attached hydrogens (tertiary/aromatic N) is 5. The predicted octanol–water partition coefficient (Wildman–Crippen LogP) is 5.61. The summed E-state index contributed by atoms with van der Waals surface area (Å²) in [6.07, 6.45) is 7.40. The number of fused-ring (bicyclic) bond motifs is 2. The number of carbonyl (C=O) groups excluding carboxylic acids is 1. The van der Waals surface area contributed by atoms with E-state index < -0.39 is 0 Å². The zero-order valence-electron chi connectivity index (χ0n) is 20.4. The van der Waals surface area contributed by atoms with Crippen LogP contribution < -0.4 is 5.32 Å². The average Bonchev–Trinajstić information content (AvgIpc) is 3.52. The Labute approximate surface area is 212 Å². The van der Waals surface area contributed by atoms with Gasteiger partial charge in [0.05, 0.1) is 28.6 Å². The molecule has 0 spiro atoms. The Morgan fingerprint density at radius 1 is 1.00 bits per heavy atom. The van der Waals surface area contributed by atoms with Gasteiger partial charge in [-0.1, -0.05) is 26.0 Å². The monoisotopic (exact) mass is 488 g/mol. The van der Waals surface area contributed by atoms with Crippen LogP contribution in [0.15, 0.2) is 73.3 Å². The van der Waals surface area contributed by atoms with Crippen LogP contribution in [0, 0.1) is 5.92 Å². The van der Waals surface area contributed by atoms with E-state index in [9.17, 15) is 4.79 Å². The number of pyridine rings is 3. The standard InChI is InChI=1S/C28H24N8O/c1-16(2)11-24(37)32-19-12-18(14-29-15-19)17-6-7-23-21(13-17)26(36-35-23)28-33-25-20(8-10-31-27(25)34-28)22-5-3-4-9-30-22/h3-10,12-16H,11H2,1-2H3,(H,32,37)(H,35,36)(H,31,33,34). The van der Waals surface area contributed by atoms with Crippen molar-refractivity contribution in [2.24, 2.45) is 5.92 Å². The first-order valence-electron chi connectivity index (χ1n) is 12.0. The molecule has 5 heterocycles. The summed E-state index contributed by atoms with van der Waals surface area (Å²) >= 11 is 0. The maximum atomic E-state index is 12.2. The third-order valence-corrected chi connectivity index (χ3v) is 6.07. The molecule has 9 nitrogen and oxygen atoms in total. The quantitative estimate of drug-likeness (QED) is 0.280. The number of aromatic amines is 2. The van der Waals surface area contributed by atoms with E-state index in [4.69, 9.17) is 4.98 Å². The number of H-pyrrole nitrogens is 2. The summed E-state index contributed by atoms with van der Waals surface area (Å²) < 4.78 is 0. The zero-order valence-corrected chi connectivity index (χ0v) is 20.4. The highest BCUT2D eigenvalue weighted by atomic mass is 16.1. The number of benzene rings is 1. The number of hydrogen-bond acceptors (Lipinski definition) is 6. The molecule has 5 aromatic heterocycles. The summed E-state index contributed by atoms with van der Waals surface area (Å²) in [5, 5.41) is 11.5. The average molecular weight is 489 g/mol. The first-order chi connectivity index (χ1) is 18.0. The fraction of sp³-hybridized carbons (Fsp3) is 0.143. The molecule has 6 aromatic rings. The molecular formula is C28H24N8O. The van der Waals surface area contributed by atoms with Crippen LogP contribution in [0.4, 0.5) is 5.69 Å². The second-order valence-electron chi connectivity index (χ2n) is 9.30. The number of imidazole rings is 1. The lowest BCUT2D eigenvalue weighted by atomic mass is 10.0. The van der Waals surface area contributed by atoms with Crippen LogP contribution in [0.1, 0.15) is 20.3 Å². The second-order valence-corrected chi connectivity index (χ2v) is 9.30. The SMILES string of the molecule is CC(C)CC(=O)Nc1cncc(-c2ccc3[nH]nc(-c4nc5nccc(-c6ccccn6)c5[nH]4)c3c2)c1. The Balaban J connectivity index is 1.38. The van der Waals surface area contributed by atoms with Gasteiger partial charge in [0.25, 0.3) is 0 Å². The summed E-state index contributed by atoms with van der Waals surface area (Å²) in [7, 11) is 0. The fourth-order valence-corrected chi connectivity index (χ4v) is 4.38. The van der Waals surface area contributed by atoms with Crippen molar-refractivity contribution >= 4 is 33.7 Å². The molecule has 37 heavy (non-hydrogen) atoms. The Bertz CT molecular complexity index is 1740. The number of anilines is 1. The van der Waals surface area contributed by atoms with E-state index in [0.717, 1.165) is 38.8 Å². The first-order valence-corrected chi connectivity index (χ1v) is 12.0. The fourth-order valence-electron chi connectivity index (χ4n) is 4.38. The molecule has 1 aromatic carbocycles. The summed E-state index contributed by atoms with van der Waals surface area (Å²) in [6.45, 7) is 4.03. The molecule has 0 bridgehead atoms. The van der Waals surface area contributed by atoms with Gasteiger partial charge in [0.1, 0.15) is 5.69 Å². The van der Waals surface area contributed by atoms with Crippen molar-refractivity contribution in [3.8, 4) is 33.9 Å². The van der Waals surface area contributed by atoms with Crippen molar-refractivity contribution in [3.05, 3.63) is 73.3 Å². The summed E-state index contributed by atoms with van der Waals surface area (Å²) in [5.74, 6) is 0.874. The highest BCUT2D eigenvalue weighted by molar-refractivity contribution is 5.97. The molecule has 0 aliphatic rings. The Hall–Kier alpha value is -4.92. The van der Waals surface area contributed by atoms with Gasteiger partial charge in [0.2, 0.25) is 5.91 Å². The number of amides is 1. The van der Waals surface area contributed by atoms with E-state index in [1.165, 1.54) is 0 Å². The first kappa shape index (κ1) is 22.5. The molecule has 182 valence electrons. The predicted molar refractivity (Wildman–Crippen MR) is 144 cm³/mol. The van der Waals surface area contributed by atoms with Crippen molar-refractivity contribution in [2.45, 2.75) is 20.3 Å². The Morgan fingerprint density at radius 3 is 2.76 bits per heavy atom. The third kappa shape index (κ3) is 4.42. The number of aromatic nitrogens is 7. The normalized spacial score (nSPS) is 11.4. The Morgan fingerprint density at radius 2 is 1.92 bits per heavy atom. The van der Waals surface area contributed by atoms with E-state index >= 15 is 0 Å². The van der Waals surface area contributed by atoms with Crippen molar-refractivity contribution in [2.75, 3.05) is 5.32 Å². The molecule has 3 N–H and O–H groups in total. The van der Waals surface area contributed by atoms with Gasteiger partial charge in [-0.05, 0) is 47.9 Å². The molecule has 0 radical (unpaired) electrons. The number of hydrogen-bond donors (Lipinski definition) is 3. The van der Waals surface area contributed by atoms with E-state index in [1.54, 1.807) is 24.8 Å². The van der Waals surface area contributed by atoms with E-state index in [1.807, 2.05) is 62.4 Å². The van der Waals surface area contributed by atoms with Crippen LogP contribution in [0.5, 0.6) is 0 Å². The molecule has 0 saturated carbocycles. The second kappa shape index (κ2) is 9.27. The summed E-state index contributed by atoms with van der Waals surface area (Å²) in [5.41, 5.74) is 7.24. The maximum absolute atomic E-state index is 12.2. The van der Waals surface area contributed by atoms with Gasteiger partial charge < -0.3 is 10.3 Å². The Kier molecular flexibility index (Phi) is 5.65. The highest BCUT2D eigenvalue weighted by Gasteiger charge is 2.17. The van der Waals surface area contributed by atoms with Gasteiger partial charge >= 0.3 is 0 Å². The van der Waals surface area contributed by atoms with Crippen LogP contribution in [-0.2, 0) is 4.79 Å². The van der Waals surface area contributed by atoms with Gasteiger partial charge in [-0.2, -0.15) is 5.10 Å². The minimum absolute atomic E-state index is 0.0231. The molecule has 9 heteroatoms. The minimum Gasteiger partial charge on any atom is -0.335 e. The van der Waals surface area contributed by atoms with Crippen molar-refractivity contribution < 1.29 is 4.79 Å². The smallest absolute Gasteiger partial charge is 0.224 e. The van der Waals surface area contributed by atoms with Crippen LogP contribution in [0.25, 0.3) is 56.0 Å². The van der Waals surface area contributed by atoms with Gasteiger partial charge in [0, 0.05) is 41.5 Å². The molecule has 6 rings (SSSR count). The van der Waals surface area contributed by atoms with Gasteiger partial charge in [-0.3, -0.25) is 19.9 Å². The highest BCUT2D eigenvalue weighted by Crippen LogP contribution is 2.32. The number of nitrogens with one attached hydrogen (secondary N) is 3. The number of carbonyl (C=O) groups is 1. The molecule has 1 amide bonds. The minimum atomic E-state index is -0.0231. The topological polar surface area (TPSA) is 125 Å². The van der Waals surface area contributed by atoms with Gasteiger partial charge in [0.15, 0.2) is 11.5 Å². The maximum Gasteiger partial charge on any atom is 0.224 e. The van der Waals surface area contributed by atoms with Crippen molar-refractivity contribution in [1.29, 1.82) is 0 Å². The molecule has 0 atom stereocenters. The van der Waals surface area contributed by atoms with Crippen molar-refractivity contribution in [1.82, 2.24) is 35.1 Å². The zero-order chi connectivity index (χ0) is 25.4. The molecular weight excluding hydrogens is 464 g/mol. The van der Waals surface area contributed by atoms with E-state index in [-0.39, 0.29) is 11.8 Å². The van der Waals surface area contributed by atoms with Crippen LogP contribution in [0.3, 0.4) is 0 Å². The lowest BCUT2D eigenvalue weighted by Gasteiger charge is -2.09. The summed E-state index contributed by atoms with van der Waals surface area (Å²) in [4.78, 5) is 33.6. The van der Waals surface area contributed by atoms with E-state index in [0.29, 0.717) is 29.3 Å². The van der Waals surface area contributed by atoms with Crippen LogP contribution >= 0.6 is 0 Å². The lowest BCUT2D eigenvalue weighted by Crippen LogP contribution is -2.13. The molecule has 0 aliphatic carbocycles. The molecule has 0 unspecified atom stereocenters. The molecule has 0 fully saturated rings. The lowest BCUT2D eigenvalue weighted by molar-refractivity contribution is -0.116. The largest absolute Gasteiger partial charge is 0.335 e. The van der Waals surface area contributed by atoms with Crippen LogP contribution in [-0.4, -0.2) is 41.0 Å². The van der Waals surface area contributed by atoms with Gasteiger partial charge in [-0.15, -0.1) is 0 Å². The molecule has 0 aliphatic heterocycles. The van der Waals surface area contributed by atoms with Crippen molar-refractivity contribution in [3.63, 3.8) is 0 Å². The summed E-state index contributed by atoms with van der Waals surface area (Å²) in [6, 6.07) is 15.7. The van der Waals surface area contributed by atoms with Gasteiger partial charge in [-0.25, -0.2) is 9.97 Å².